The molecule has 0 bridgehead atoms. The molecule has 2 heteroatoms. The quantitative estimate of drug-likeness (QED) is 0.748. The summed E-state index contributed by atoms with van der Waals surface area (Å²) in [7, 11) is 0. The minimum atomic E-state index is 0.137. The molecule has 3 rings (SSSR count). The summed E-state index contributed by atoms with van der Waals surface area (Å²) in [6, 6.07) is 8.90. The van der Waals surface area contributed by atoms with Gasteiger partial charge in [-0.1, -0.05) is 58.9 Å². The monoisotopic (exact) mass is 287 g/mol. The molecule has 0 N–H and O–H groups in total. The molecule has 0 saturated heterocycles. The summed E-state index contributed by atoms with van der Waals surface area (Å²) in [5, 5.41) is 0. The van der Waals surface area contributed by atoms with E-state index < -0.39 is 0 Å². The maximum absolute atomic E-state index is 12.6. The van der Waals surface area contributed by atoms with E-state index in [-0.39, 0.29) is 5.41 Å². The minimum Gasteiger partial charge on any atom is -0.334 e. The molecule has 1 amide bonds. The lowest BCUT2D eigenvalue weighted by Gasteiger charge is -2.44. The van der Waals surface area contributed by atoms with E-state index in [1.807, 2.05) is 13.8 Å². The molecular formula is C19H29NO. The van der Waals surface area contributed by atoms with Crippen LogP contribution in [-0.4, -0.2) is 16.8 Å². The zero-order valence-electron chi connectivity index (χ0n) is 14.1. The van der Waals surface area contributed by atoms with Gasteiger partial charge in [0.25, 0.3) is 0 Å². The van der Waals surface area contributed by atoms with Gasteiger partial charge in [-0.2, -0.15) is 0 Å². The van der Waals surface area contributed by atoms with Crippen LogP contribution < -0.4 is 0 Å². The van der Waals surface area contributed by atoms with E-state index in [0.29, 0.717) is 17.9 Å². The van der Waals surface area contributed by atoms with Gasteiger partial charge in [-0.15, -0.1) is 0 Å². The number of amides is 1. The Balaban J connectivity index is 0.000000774. The van der Waals surface area contributed by atoms with Crippen LogP contribution in [0.5, 0.6) is 0 Å². The summed E-state index contributed by atoms with van der Waals surface area (Å²) < 4.78 is 0. The largest absolute Gasteiger partial charge is 0.334 e. The van der Waals surface area contributed by atoms with Gasteiger partial charge >= 0.3 is 0 Å². The minimum absolute atomic E-state index is 0.137. The fraction of sp³-hybridized carbons (Fsp3) is 0.632. The van der Waals surface area contributed by atoms with Crippen molar-refractivity contribution in [1.82, 2.24) is 4.90 Å². The summed E-state index contributed by atoms with van der Waals surface area (Å²) >= 11 is 0. The van der Waals surface area contributed by atoms with Crippen LogP contribution in [0.1, 0.15) is 58.6 Å². The molecule has 1 fully saturated rings. The molecule has 1 heterocycles. The number of nitrogens with zero attached hydrogens (tertiary/aromatic N) is 1. The summed E-state index contributed by atoms with van der Waals surface area (Å²) in [5.74, 6) is 0.699. The van der Waals surface area contributed by atoms with E-state index in [1.165, 1.54) is 11.1 Å². The number of carbonyl (C=O) groups excluding carboxylic acids is 1. The molecule has 0 radical (unpaired) electrons. The molecule has 116 valence electrons. The van der Waals surface area contributed by atoms with Crippen LogP contribution in [0.25, 0.3) is 0 Å². The van der Waals surface area contributed by atoms with E-state index in [2.05, 4.69) is 49.9 Å². The average molecular weight is 287 g/mol. The molecular weight excluding hydrogens is 258 g/mol. The van der Waals surface area contributed by atoms with Crippen LogP contribution in [0.3, 0.4) is 0 Å². The highest BCUT2D eigenvalue weighted by atomic mass is 16.2. The van der Waals surface area contributed by atoms with Crippen LogP contribution in [-0.2, 0) is 17.8 Å². The number of hydrogen-bond donors (Lipinski definition) is 0. The molecule has 1 aromatic carbocycles. The lowest BCUT2D eigenvalue weighted by molar-refractivity contribution is -0.138. The summed E-state index contributed by atoms with van der Waals surface area (Å²) in [6.07, 6.45) is 3.18. The lowest BCUT2D eigenvalue weighted by Crippen LogP contribution is -2.51. The topological polar surface area (TPSA) is 20.3 Å². The molecule has 2 aliphatic rings. The summed E-state index contributed by atoms with van der Waals surface area (Å²) in [4.78, 5) is 14.7. The second-order valence-corrected chi connectivity index (χ2v) is 7.10. The number of fused-ring (bicyclic) bond motifs is 1. The third kappa shape index (κ3) is 3.48. The smallest absolute Gasteiger partial charge is 0.226 e. The van der Waals surface area contributed by atoms with Crippen molar-refractivity contribution < 1.29 is 4.79 Å². The first kappa shape index (κ1) is 16.1. The Labute approximate surface area is 129 Å². The Kier molecular flexibility index (Phi) is 4.75. The van der Waals surface area contributed by atoms with E-state index in [9.17, 15) is 4.79 Å². The van der Waals surface area contributed by atoms with E-state index in [0.717, 1.165) is 25.8 Å². The van der Waals surface area contributed by atoms with Crippen molar-refractivity contribution in [3.05, 3.63) is 35.4 Å². The van der Waals surface area contributed by atoms with Gasteiger partial charge in [0.15, 0.2) is 0 Å². The van der Waals surface area contributed by atoms with Crippen LogP contribution >= 0.6 is 0 Å². The van der Waals surface area contributed by atoms with Gasteiger partial charge in [0, 0.05) is 18.5 Å². The molecule has 1 atom stereocenters. The van der Waals surface area contributed by atoms with Gasteiger partial charge in [-0.05, 0) is 35.8 Å². The molecule has 2 nitrogen and oxygen atoms in total. The first-order valence-electron chi connectivity index (χ1n) is 8.34. The van der Waals surface area contributed by atoms with Crippen molar-refractivity contribution in [3.63, 3.8) is 0 Å². The van der Waals surface area contributed by atoms with Crippen LogP contribution in [0, 0.1) is 11.3 Å². The maximum Gasteiger partial charge on any atom is 0.226 e. The van der Waals surface area contributed by atoms with Gasteiger partial charge in [0.05, 0.1) is 0 Å². The molecule has 1 aromatic rings. The van der Waals surface area contributed by atoms with Crippen molar-refractivity contribution in [2.24, 2.45) is 11.3 Å². The maximum atomic E-state index is 12.6. The molecule has 1 saturated carbocycles. The SMILES string of the molecule is CC.CC(C)(C)C1Cc2ccccc2CN1C(=O)C1CC1. The van der Waals surface area contributed by atoms with Gasteiger partial charge in [0.2, 0.25) is 5.91 Å². The summed E-state index contributed by atoms with van der Waals surface area (Å²) in [5.41, 5.74) is 2.89. The van der Waals surface area contributed by atoms with Gasteiger partial charge < -0.3 is 4.90 Å². The van der Waals surface area contributed by atoms with E-state index in [4.69, 9.17) is 0 Å². The molecule has 1 aliphatic heterocycles. The van der Waals surface area contributed by atoms with Crippen molar-refractivity contribution in [1.29, 1.82) is 0 Å². The Morgan fingerprint density at radius 2 is 1.67 bits per heavy atom. The van der Waals surface area contributed by atoms with Crippen LogP contribution in [0.2, 0.25) is 0 Å². The molecule has 0 spiro atoms. The third-order valence-corrected chi connectivity index (χ3v) is 4.46. The molecule has 1 unspecified atom stereocenters. The van der Waals surface area contributed by atoms with Crippen LogP contribution in [0.15, 0.2) is 24.3 Å². The van der Waals surface area contributed by atoms with Crippen molar-refractivity contribution in [2.75, 3.05) is 0 Å². The van der Waals surface area contributed by atoms with Gasteiger partial charge in [-0.3, -0.25) is 4.79 Å². The number of hydrogen-bond acceptors (Lipinski definition) is 1. The predicted molar refractivity (Wildman–Crippen MR) is 88.0 cm³/mol. The molecule has 1 aliphatic carbocycles. The van der Waals surface area contributed by atoms with Crippen molar-refractivity contribution in [3.8, 4) is 0 Å². The van der Waals surface area contributed by atoms with Crippen molar-refractivity contribution in [2.45, 2.75) is 66.5 Å². The Bertz CT molecular complexity index is 497. The second-order valence-electron chi connectivity index (χ2n) is 7.10. The Morgan fingerprint density at radius 1 is 1.10 bits per heavy atom. The molecule has 21 heavy (non-hydrogen) atoms. The van der Waals surface area contributed by atoms with Gasteiger partial charge in [0.1, 0.15) is 0 Å². The number of carbonyl (C=O) groups is 1. The normalized spacial score (nSPS) is 21.2. The predicted octanol–water partition coefficient (Wildman–Crippen LogP) is 4.42. The Hall–Kier alpha value is -1.31. The number of rotatable bonds is 1. The lowest BCUT2D eigenvalue weighted by atomic mass is 9.78. The van der Waals surface area contributed by atoms with E-state index in [1.54, 1.807) is 0 Å². The first-order chi connectivity index (χ1) is 9.97. The zero-order valence-corrected chi connectivity index (χ0v) is 14.1. The van der Waals surface area contributed by atoms with E-state index >= 15 is 0 Å². The second kappa shape index (κ2) is 6.21. The molecule has 0 aromatic heterocycles. The fourth-order valence-corrected chi connectivity index (χ4v) is 3.09. The Morgan fingerprint density at radius 3 is 2.19 bits per heavy atom. The van der Waals surface area contributed by atoms with Crippen molar-refractivity contribution >= 4 is 5.91 Å². The summed E-state index contributed by atoms with van der Waals surface area (Å²) in [6.45, 7) is 11.5. The first-order valence-corrected chi connectivity index (χ1v) is 8.34. The third-order valence-electron chi connectivity index (χ3n) is 4.46. The highest BCUT2D eigenvalue weighted by molar-refractivity contribution is 5.81. The fourth-order valence-electron chi connectivity index (χ4n) is 3.09. The highest BCUT2D eigenvalue weighted by Crippen LogP contribution is 2.38. The van der Waals surface area contributed by atoms with Gasteiger partial charge in [-0.25, -0.2) is 0 Å². The standard InChI is InChI=1S/C17H23NO.C2H6/c1-17(2,3)15-10-13-6-4-5-7-14(13)11-18(15)16(19)12-8-9-12;1-2/h4-7,12,15H,8-11H2,1-3H3;1-2H3. The highest BCUT2D eigenvalue weighted by Gasteiger charge is 2.42. The average Bonchev–Trinajstić information content (AvgIpc) is 3.31. The zero-order chi connectivity index (χ0) is 15.6. The number of benzene rings is 1. The van der Waals surface area contributed by atoms with Crippen LogP contribution in [0.4, 0.5) is 0 Å².